The van der Waals surface area contributed by atoms with E-state index in [1.165, 1.54) is 12.8 Å². The fourth-order valence-electron chi connectivity index (χ4n) is 3.67. The maximum atomic E-state index is 12.3. The standard InChI is InChI=1S/C20H21NO2/c22-20-17(16-10-4-5-11-18(16)21-20)13-14-7-1-6-12-19(14)23-15-8-2-3-9-15/h1,4-7,10-12,15,17H,2-3,8-9,13H2,(H,21,22)/t17-/m0/s1. The van der Waals surface area contributed by atoms with Gasteiger partial charge in [0.1, 0.15) is 5.75 Å². The highest BCUT2D eigenvalue weighted by Crippen LogP contribution is 2.36. The molecule has 1 aliphatic heterocycles. The van der Waals surface area contributed by atoms with Crippen molar-refractivity contribution in [2.45, 2.75) is 44.1 Å². The molecule has 1 N–H and O–H groups in total. The quantitative estimate of drug-likeness (QED) is 0.915. The van der Waals surface area contributed by atoms with Crippen LogP contribution in [0.5, 0.6) is 5.75 Å². The number of anilines is 1. The molecular weight excluding hydrogens is 286 g/mol. The number of carbonyl (C=O) groups excluding carboxylic acids is 1. The van der Waals surface area contributed by atoms with E-state index in [0.717, 1.165) is 35.4 Å². The summed E-state index contributed by atoms with van der Waals surface area (Å²) in [6, 6.07) is 16.1. The first-order chi connectivity index (χ1) is 11.3. The molecule has 2 aromatic carbocycles. The Morgan fingerprint density at radius 1 is 1.00 bits per heavy atom. The van der Waals surface area contributed by atoms with Crippen LogP contribution in [0.3, 0.4) is 0 Å². The molecule has 0 saturated heterocycles. The number of rotatable bonds is 4. The van der Waals surface area contributed by atoms with Crippen LogP contribution in [0.1, 0.15) is 42.7 Å². The third kappa shape index (κ3) is 2.83. The summed E-state index contributed by atoms with van der Waals surface area (Å²) in [4.78, 5) is 12.3. The second kappa shape index (κ2) is 6.07. The first-order valence-corrected chi connectivity index (χ1v) is 8.45. The molecule has 1 saturated carbocycles. The molecule has 118 valence electrons. The van der Waals surface area contributed by atoms with Gasteiger partial charge in [-0.05, 0) is 55.4 Å². The molecule has 1 aliphatic carbocycles. The van der Waals surface area contributed by atoms with Crippen LogP contribution in [0.25, 0.3) is 0 Å². The first-order valence-electron chi connectivity index (χ1n) is 8.45. The van der Waals surface area contributed by atoms with Crippen LogP contribution in [0.2, 0.25) is 0 Å². The zero-order chi connectivity index (χ0) is 15.6. The fraction of sp³-hybridized carbons (Fsp3) is 0.350. The number of amides is 1. The van der Waals surface area contributed by atoms with E-state index in [1.807, 2.05) is 42.5 Å². The number of carbonyl (C=O) groups is 1. The van der Waals surface area contributed by atoms with Gasteiger partial charge in [-0.3, -0.25) is 4.79 Å². The number of para-hydroxylation sites is 2. The average molecular weight is 307 g/mol. The monoisotopic (exact) mass is 307 g/mol. The van der Waals surface area contributed by atoms with Gasteiger partial charge in [0, 0.05) is 5.69 Å². The third-order valence-electron chi connectivity index (χ3n) is 4.90. The van der Waals surface area contributed by atoms with Crippen LogP contribution in [0, 0.1) is 0 Å². The summed E-state index contributed by atoms with van der Waals surface area (Å²) < 4.78 is 6.21. The molecule has 1 atom stereocenters. The van der Waals surface area contributed by atoms with Crippen LogP contribution in [0.4, 0.5) is 5.69 Å². The predicted molar refractivity (Wildman–Crippen MR) is 90.8 cm³/mol. The molecule has 0 unspecified atom stereocenters. The zero-order valence-electron chi connectivity index (χ0n) is 13.1. The molecule has 1 fully saturated rings. The molecule has 2 aromatic rings. The summed E-state index contributed by atoms with van der Waals surface area (Å²) in [5.41, 5.74) is 3.15. The Kier molecular flexibility index (Phi) is 3.78. The van der Waals surface area contributed by atoms with Crippen LogP contribution >= 0.6 is 0 Å². The summed E-state index contributed by atoms with van der Waals surface area (Å²) in [6.45, 7) is 0. The number of fused-ring (bicyclic) bond motifs is 1. The Balaban J connectivity index is 1.58. The van der Waals surface area contributed by atoms with E-state index in [1.54, 1.807) is 0 Å². The maximum absolute atomic E-state index is 12.3. The summed E-state index contributed by atoms with van der Waals surface area (Å²) in [5.74, 6) is 0.901. The minimum absolute atomic E-state index is 0.0851. The molecule has 3 heteroatoms. The molecule has 2 aliphatic rings. The van der Waals surface area contributed by atoms with Crippen molar-refractivity contribution in [2.24, 2.45) is 0 Å². The molecule has 1 heterocycles. The van der Waals surface area contributed by atoms with Crippen LogP contribution in [-0.2, 0) is 11.2 Å². The van der Waals surface area contributed by atoms with Crippen molar-refractivity contribution in [3.05, 3.63) is 59.7 Å². The van der Waals surface area contributed by atoms with Gasteiger partial charge in [0.25, 0.3) is 0 Å². The number of benzene rings is 2. The lowest BCUT2D eigenvalue weighted by Crippen LogP contribution is -2.16. The van der Waals surface area contributed by atoms with Gasteiger partial charge in [0.2, 0.25) is 5.91 Å². The van der Waals surface area contributed by atoms with E-state index in [2.05, 4.69) is 11.4 Å². The van der Waals surface area contributed by atoms with Gasteiger partial charge < -0.3 is 10.1 Å². The van der Waals surface area contributed by atoms with Crippen molar-refractivity contribution >= 4 is 11.6 Å². The first kappa shape index (κ1) is 14.3. The molecule has 1 amide bonds. The van der Waals surface area contributed by atoms with Crippen molar-refractivity contribution in [2.75, 3.05) is 5.32 Å². The molecule has 0 bridgehead atoms. The van der Waals surface area contributed by atoms with Gasteiger partial charge in [-0.15, -0.1) is 0 Å². The molecule has 0 aromatic heterocycles. The number of ether oxygens (including phenoxy) is 1. The Bertz CT molecular complexity index is 719. The van der Waals surface area contributed by atoms with Gasteiger partial charge in [-0.2, -0.15) is 0 Å². The van der Waals surface area contributed by atoms with E-state index in [0.29, 0.717) is 12.5 Å². The third-order valence-corrected chi connectivity index (χ3v) is 4.90. The lowest BCUT2D eigenvalue weighted by molar-refractivity contribution is -0.117. The molecule has 0 spiro atoms. The van der Waals surface area contributed by atoms with E-state index < -0.39 is 0 Å². The Morgan fingerprint density at radius 2 is 1.74 bits per heavy atom. The largest absolute Gasteiger partial charge is 0.490 e. The van der Waals surface area contributed by atoms with Crippen molar-refractivity contribution in [3.8, 4) is 5.75 Å². The lowest BCUT2D eigenvalue weighted by Gasteiger charge is -2.18. The summed E-state index contributed by atoms with van der Waals surface area (Å²) in [5, 5.41) is 2.98. The second-order valence-corrected chi connectivity index (χ2v) is 6.47. The topological polar surface area (TPSA) is 38.3 Å². The van der Waals surface area contributed by atoms with Crippen molar-refractivity contribution in [3.63, 3.8) is 0 Å². The number of hydrogen-bond donors (Lipinski definition) is 1. The summed E-state index contributed by atoms with van der Waals surface area (Å²) >= 11 is 0. The Morgan fingerprint density at radius 3 is 2.61 bits per heavy atom. The molecule has 23 heavy (non-hydrogen) atoms. The van der Waals surface area contributed by atoms with Gasteiger partial charge >= 0.3 is 0 Å². The average Bonchev–Trinajstić information content (AvgIpc) is 3.18. The van der Waals surface area contributed by atoms with E-state index in [9.17, 15) is 4.79 Å². The normalized spacial score (nSPS) is 20.3. The Hall–Kier alpha value is -2.29. The van der Waals surface area contributed by atoms with Crippen molar-refractivity contribution < 1.29 is 9.53 Å². The SMILES string of the molecule is O=C1Nc2ccccc2[C@@H]1Cc1ccccc1OC1CCCC1. The van der Waals surface area contributed by atoms with Crippen LogP contribution in [-0.4, -0.2) is 12.0 Å². The highest BCUT2D eigenvalue weighted by molar-refractivity contribution is 6.03. The van der Waals surface area contributed by atoms with Gasteiger partial charge in [-0.1, -0.05) is 36.4 Å². The van der Waals surface area contributed by atoms with E-state index in [4.69, 9.17) is 4.74 Å². The summed E-state index contributed by atoms with van der Waals surface area (Å²) in [7, 11) is 0. The lowest BCUT2D eigenvalue weighted by atomic mass is 9.93. The Labute approximate surface area is 136 Å². The van der Waals surface area contributed by atoms with Crippen LogP contribution < -0.4 is 10.1 Å². The molecule has 4 rings (SSSR count). The zero-order valence-corrected chi connectivity index (χ0v) is 13.1. The highest BCUT2D eigenvalue weighted by atomic mass is 16.5. The smallest absolute Gasteiger partial charge is 0.232 e. The fourth-order valence-corrected chi connectivity index (χ4v) is 3.67. The molecule has 0 radical (unpaired) electrons. The molecular formula is C20H21NO2. The summed E-state index contributed by atoms with van der Waals surface area (Å²) in [6.07, 6.45) is 5.81. The minimum Gasteiger partial charge on any atom is -0.490 e. The minimum atomic E-state index is -0.125. The van der Waals surface area contributed by atoms with E-state index >= 15 is 0 Å². The maximum Gasteiger partial charge on any atom is 0.232 e. The highest BCUT2D eigenvalue weighted by Gasteiger charge is 2.31. The second-order valence-electron chi connectivity index (χ2n) is 6.47. The predicted octanol–water partition coefficient (Wildman–Crippen LogP) is 4.29. The van der Waals surface area contributed by atoms with E-state index in [-0.39, 0.29) is 11.8 Å². The van der Waals surface area contributed by atoms with Crippen LogP contribution in [0.15, 0.2) is 48.5 Å². The van der Waals surface area contributed by atoms with Crippen molar-refractivity contribution in [1.29, 1.82) is 0 Å². The van der Waals surface area contributed by atoms with Gasteiger partial charge in [0.15, 0.2) is 0 Å². The number of nitrogens with one attached hydrogen (secondary N) is 1. The number of hydrogen-bond acceptors (Lipinski definition) is 2. The van der Waals surface area contributed by atoms with Crippen molar-refractivity contribution in [1.82, 2.24) is 0 Å². The van der Waals surface area contributed by atoms with Gasteiger partial charge in [0.05, 0.1) is 12.0 Å². The van der Waals surface area contributed by atoms with Gasteiger partial charge in [-0.25, -0.2) is 0 Å². The molecule has 3 nitrogen and oxygen atoms in total.